The third-order valence-corrected chi connectivity index (χ3v) is 4.64. The predicted octanol–water partition coefficient (Wildman–Crippen LogP) is 4.96. The van der Waals surface area contributed by atoms with Gasteiger partial charge in [-0.3, -0.25) is 4.68 Å². The summed E-state index contributed by atoms with van der Waals surface area (Å²) in [6, 6.07) is 8.52. The van der Waals surface area contributed by atoms with E-state index in [-0.39, 0.29) is 0 Å². The maximum atomic E-state index is 4.65. The first-order valence-corrected chi connectivity index (χ1v) is 8.44. The number of aryl methyl sites for hydroxylation is 2. The van der Waals surface area contributed by atoms with Gasteiger partial charge in [-0.1, -0.05) is 39.0 Å². The van der Waals surface area contributed by atoms with E-state index in [2.05, 4.69) is 83.0 Å². The highest BCUT2D eigenvalue weighted by Gasteiger charge is 2.14. The Kier molecular flexibility index (Phi) is 5.45. The maximum absolute atomic E-state index is 4.65. The molecule has 114 valence electrons. The summed E-state index contributed by atoms with van der Waals surface area (Å²) in [7, 11) is 0. The van der Waals surface area contributed by atoms with Crippen molar-refractivity contribution in [1.29, 1.82) is 0 Å². The van der Waals surface area contributed by atoms with Gasteiger partial charge in [0.05, 0.1) is 22.4 Å². The molecular weight excluding hydrogens is 326 g/mol. The molecule has 0 amide bonds. The van der Waals surface area contributed by atoms with Crippen molar-refractivity contribution < 1.29 is 0 Å². The summed E-state index contributed by atoms with van der Waals surface area (Å²) in [6.45, 7) is 10.4. The number of aromatic nitrogens is 2. The fourth-order valence-corrected chi connectivity index (χ4v) is 3.23. The van der Waals surface area contributed by atoms with Crippen molar-refractivity contribution in [1.82, 2.24) is 9.78 Å². The number of halogens is 1. The Hall–Kier alpha value is -1.29. The zero-order valence-electron chi connectivity index (χ0n) is 13.3. The fourth-order valence-electron chi connectivity index (χ4n) is 2.53. The van der Waals surface area contributed by atoms with E-state index in [1.807, 2.05) is 0 Å². The highest BCUT2D eigenvalue weighted by atomic mass is 79.9. The van der Waals surface area contributed by atoms with E-state index in [4.69, 9.17) is 0 Å². The van der Waals surface area contributed by atoms with Crippen LogP contribution in [0.5, 0.6) is 0 Å². The Bertz CT molecular complexity index is 602. The molecule has 0 atom stereocenters. The lowest BCUT2D eigenvalue weighted by molar-refractivity contribution is 0.619. The van der Waals surface area contributed by atoms with Gasteiger partial charge in [-0.25, -0.2) is 0 Å². The summed E-state index contributed by atoms with van der Waals surface area (Å²) in [5.41, 5.74) is 4.91. The van der Waals surface area contributed by atoms with Gasteiger partial charge >= 0.3 is 0 Å². The van der Waals surface area contributed by atoms with Gasteiger partial charge in [0, 0.05) is 12.2 Å². The number of nitrogens with one attached hydrogen (secondary N) is 1. The number of hydrogen-bond acceptors (Lipinski definition) is 2. The van der Waals surface area contributed by atoms with Gasteiger partial charge in [-0.15, -0.1) is 0 Å². The van der Waals surface area contributed by atoms with Crippen LogP contribution in [0, 0.1) is 0 Å². The van der Waals surface area contributed by atoms with Gasteiger partial charge in [-0.05, 0) is 46.8 Å². The quantitative estimate of drug-likeness (QED) is 0.798. The van der Waals surface area contributed by atoms with Gasteiger partial charge < -0.3 is 5.32 Å². The van der Waals surface area contributed by atoms with Gasteiger partial charge in [0.1, 0.15) is 0 Å². The van der Waals surface area contributed by atoms with E-state index in [9.17, 15) is 0 Å². The average molecular weight is 350 g/mol. The van der Waals surface area contributed by atoms with Crippen LogP contribution in [0.4, 0.5) is 5.69 Å². The van der Waals surface area contributed by atoms with Crippen LogP contribution in [0.1, 0.15) is 50.6 Å². The number of anilines is 1. The van der Waals surface area contributed by atoms with Gasteiger partial charge in [-0.2, -0.15) is 5.10 Å². The molecule has 0 unspecified atom stereocenters. The zero-order valence-corrected chi connectivity index (χ0v) is 14.9. The standard InChI is InChI=1S/C17H24BrN3/c1-5-14-17(18)16(21(6-2)20-14)11-19-15-10-8-7-9-13(15)12(3)4/h7-10,12,19H,5-6,11H2,1-4H3. The normalized spacial score (nSPS) is 11.1. The first-order chi connectivity index (χ1) is 10.1. The molecule has 0 aliphatic rings. The van der Waals surface area contributed by atoms with Crippen molar-refractivity contribution in [3.8, 4) is 0 Å². The second-order valence-electron chi connectivity index (χ2n) is 5.47. The first-order valence-electron chi connectivity index (χ1n) is 7.65. The van der Waals surface area contributed by atoms with Crippen LogP contribution in [0.2, 0.25) is 0 Å². The van der Waals surface area contributed by atoms with E-state index in [1.54, 1.807) is 0 Å². The van der Waals surface area contributed by atoms with Crippen LogP contribution in [-0.4, -0.2) is 9.78 Å². The number of rotatable bonds is 6. The van der Waals surface area contributed by atoms with Crippen LogP contribution in [-0.2, 0) is 19.5 Å². The number of nitrogens with zero attached hydrogens (tertiary/aromatic N) is 2. The second kappa shape index (κ2) is 7.12. The third kappa shape index (κ3) is 3.49. The minimum absolute atomic E-state index is 0.513. The Balaban J connectivity index is 2.23. The van der Waals surface area contributed by atoms with Crippen LogP contribution in [0.15, 0.2) is 28.7 Å². The van der Waals surface area contributed by atoms with Crippen molar-refractivity contribution in [2.75, 3.05) is 5.32 Å². The molecule has 0 saturated heterocycles. The van der Waals surface area contributed by atoms with Gasteiger partial charge in [0.15, 0.2) is 0 Å². The molecule has 0 aliphatic heterocycles. The highest BCUT2D eigenvalue weighted by molar-refractivity contribution is 9.10. The van der Waals surface area contributed by atoms with Crippen LogP contribution >= 0.6 is 15.9 Å². The molecule has 1 heterocycles. The second-order valence-corrected chi connectivity index (χ2v) is 6.27. The van der Waals surface area contributed by atoms with Crippen molar-refractivity contribution in [2.24, 2.45) is 0 Å². The summed E-state index contributed by atoms with van der Waals surface area (Å²) in [5.74, 6) is 0.513. The number of para-hydroxylation sites is 1. The summed E-state index contributed by atoms with van der Waals surface area (Å²) in [4.78, 5) is 0. The van der Waals surface area contributed by atoms with Gasteiger partial charge in [0.25, 0.3) is 0 Å². The molecule has 0 bridgehead atoms. The summed E-state index contributed by atoms with van der Waals surface area (Å²) in [6.07, 6.45) is 0.948. The Morgan fingerprint density at radius 2 is 1.95 bits per heavy atom. The largest absolute Gasteiger partial charge is 0.379 e. The lowest BCUT2D eigenvalue weighted by Crippen LogP contribution is -2.09. The minimum atomic E-state index is 0.513. The number of hydrogen-bond donors (Lipinski definition) is 1. The summed E-state index contributed by atoms with van der Waals surface area (Å²) >= 11 is 3.70. The lowest BCUT2D eigenvalue weighted by atomic mass is 10.0. The number of benzene rings is 1. The Labute approximate surface area is 135 Å². The zero-order chi connectivity index (χ0) is 15.4. The van der Waals surface area contributed by atoms with Crippen LogP contribution in [0.3, 0.4) is 0 Å². The molecule has 3 nitrogen and oxygen atoms in total. The SMILES string of the molecule is CCc1nn(CC)c(CNc2ccccc2C(C)C)c1Br. The first kappa shape index (κ1) is 16.1. The third-order valence-electron chi connectivity index (χ3n) is 3.72. The lowest BCUT2D eigenvalue weighted by Gasteiger charge is -2.15. The van der Waals surface area contributed by atoms with E-state index < -0.39 is 0 Å². The van der Waals surface area contributed by atoms with Crippen molar-refractivity contribution in [3.63, 3.8) is 0 Å². The molecule has 2 aromatic rings. The van der Waals surface area contributed by atoms with Crippen molar-refractivity contribution >= 4 is 21.6 Å². The summed E-state index contributed by atoms with van der Waals surface area (Å²) < 4.78 is 3.22. The monoisotopic (exact) mass is 349 g/mol. The molecule has 1 aromatic carbocycles. The van der Waals surface area contributed by atoms with E-state index in [0.717, 1.165) is 29.7 Å². The topological polar surface area (TPSA) is 29.9 Å². The highest BCUT2D eigenvalue weighted by Crippen LogP contribution is 2.26. The van der Waals surface area contributed by atoms with Gasteiger partial charge in [0.2, 0.25) is 0 Å². The maximum Gasteiger partial charge on any atom is 0.0767 e. The molecule has 0 radical (unpaired) electrons. The smallest absolute Gasteiger partial charge is 0.0767 e. The molecule has 4 heteroatoms. The van der Waals surface area contributed by atoms with Crippen LogP contribution < -0.4 is 5.32 Å². The fraction of sp³-hybridized carbons (Fsp3) is 0.471. The molecule has 0 fully saturated rings. The predicted molar refractivity (Wildman–Crippen MR) is 92.8 cm³/mol. The molecular formula is C17H24BrN3. The van der Waals surface area contributed by atoms with E-state index >= 15 is 0 Å². The minimum Gasteiger partial charge on any atom is -0.379 e. The molecule has 21 heavy (non-hydrogen) atoms. The van der Waals surface area contributed by atoms with Crippen molar-refractivity contribution in [3.05, 3.63) is 45.7 Å². The average Bonchev–Trinajstić information content (AvgIpc) is 2.80. The molecule has 0 aliphatic carbocycles. The molecule has 0 spiro atoms. The molecule has 0 saturated carbocycles. The molecule has 1 N–H and O–H groups in total. The van der Waals surface area contributed by atoms with Crippen molar-refractivity contribution in [2.45, 2.75) is 53.1 Å². The molecule has 1 aromatic heterocycles. The summed E-state index contributed by atoms with van der Waals surface area (Å²) in [5, 5.41) is 8.22. The Morgan fingerprint density at radius 3 is 2.57 bits per heavy atom. The van der Waals surface area contributed by atoms with E-state index in [0.29, 0.717) is 5.92 Å². The molecule has 2 rings (SSSR count). The van der Waals surface area contributed by atoms with E-state index in [1.165, 1.54) is 16.9 Å². The van der Waals surface area contributed by atoms with Crippen LogP contribution in [0.25, 0.3) is 0 Å². The Morgan fingerprint density at radius 1 is 1.24 bits per heavy atom.